The molecule has 0 spiro atoms. The van der Waals surface area contributed by atoms with E-state index in [9.17, 15) is 29.1 Å². The van der Waals surface area contributed by atoms with Crippen molar-refractivity contribution in [1.82, 2.24) is 15.5 Å². The molecular formula is C34H48N4O8. The average Bonchev–Trinajstić information content (AvgIpc) is 2.93. The number of rotatable bonds is 14. The topological polar surface area (TPSA) is 177 Å². The van der Waals surface area contributed by atoms with Crippen molar-refractivity contribution in [3.63, 3.8) is 0 Å². The Labute approximate surface area is 271 Å². The van der Waals surface area contributed by atoms with Crippen LogP contribution in [0.1, 0.15) is 84.9 Å². The lowest BCUT2D eigenvalue weighted by molar-refractivity contribution is -0.159. The van der Waals surface area contributed by atoms with Crippen LogP contribution in [0.3, 0.4) is 0 Å². The number of primary amides is 1. The minimum absolute atomic E-state index is 0.0180. The molecule has 0 saturated heterocycles. The van der Waals surface area contributed by atoms with Gasteiger partial charge in [0.1, 0.15) is 35.1 Å². The Morgan fingerprint density at radius 2 is 1.43 bits per heavy atom. The maximum Gasteiger partial charge on any atom is 0.408 e. The number of benzene rings is 2. The zero-order valence-electron chi connectivity index (χ0n) is 27.8. The van der Waals surface area contributed by atoms with E-state index in [0.717, 1.165) is 5.56 Å². The third kappa shape index (κ3) is 12.4. The van der Waals surface area contributed by atoms with Crippen molar-refractivity contribution in [2.24, 2.45) is 5.73 Å². The lowest BCUT2D eigenvalue weighted by atomic mass is 9.99. The van der Waals surface area contributed by atoms with E-state index in [1.54, 1.807) is 72.7 Å². The van der Waals surface area contributed by atoms with E-state index in [0.29, 0.717) is 6.42 Å². The number of carbonyl (C=O) groups excluding carboxylic acids is 5. The van der Waals surface area contributed by atoms with Crippen molar-refractivity contribution in [3.05, 3.63) is 65.7 Å². The molecule has 2 rings (SSSR count). The highest BCUT2D eigenvalue weighted by molar-refractivity contribution is 5.94. The molecule has 5 N–H and O–H groups in total. The molecule has 0 heterocycles. The number of hydrogen-bond acceptors (Lipinski definition) is 8. The number of amides is 4. The first-order valence-corrected chi connectivity index (χ1v) is 15.3. The number of para-hydroxylation sites is 1. The Balaban J connectivity index is 2.59. The largest absolute Gasteiger partial charge is 0.508 e. The third-order valence-electron chi connectivity index (χ3n) is 6.50. The molecule has 12 heteroatoms. The Morgan fingerprint density at radius 1 is 0.848 bits per heavy atom. The van der Waals surface area contributed by atoms with Gasteiger partial charge in [-0.2, -0.15) is 0 Å². The number of alkyl carbamates (subject to hydrolysis) is 1. The quantitative estimate of drug-likeness (QED) is 0.225. The second kappa shape index (κ2) is 16.6. The molecule has 46 heavy (non-hydrogen) atoms. The SMILES string of the molecule is CCCN(C(=O)C(CCC(N)=O)NC(=O)OC(C)(C)C)C(C(=O)NC(Cc1ccccc1)C(=O)OC(C)(C)C)c1ccccc1O. The van der Waals surface area contributed by atoms with Gasteiger partial charge in [0.15, 0.2) is 0 Å². The molecule has 0 aliphatic carbocycles. The highest BCUT2D eigenvalue weighted by Crippen LogP contribution is 2.30. The monoisotopic (exact) mass is 640 g/mol. The summed E-state index contributed by atoms with van der Waals surface area (Å²) in [6.45, 7) is 11.9. The summed E-state index contributed by atoms with van der Waals surface area (Å²) in [6.07, 6.45) is -0.826. The molecule has 0 radical (unpaired) electrons. The number of nitrogens with one attached hydrogen (secondary N) is 2. The van der Waals surface area contributed by atoms with Gasteiger partial charge in [0, 0.05) is 24.9 Å². The molecule has 2 aromatic carbocycles. The predicted molar refractivity (Wildman–Crippen MR) is 172 cm³/mol. The smallest absolute Gasteiger partial charge is 0.408 e. The molecule has 0 aliphatic heterocycles. The average molecular weight is 641 g/mol. The van der Waals surface area contributed by atoms with Crippen LogP contribution in [0.25, 0.3) is 0 Å². The van der Waals surface area contributed by atoms with Crippen LogP contribution in [-0.2, 0) is 35.1 Å². The van der Waals surface area contributed by atoms with Gasteiger partial charge in [-0.15, -0.1) is 0 Å². The standard InChI is InChI=1S/C34H48N4O8/c1-8-20-38(30(42)24(18-19-27(35)40)37-32(44)46-34(5,6)7)28(23-16-12-13-17-26(23)39)29(41)36-25(31(43)45-33(2,3)4)21-22-14-10-9-11-15-22/h9-17,24-25,28,39H,8,18-21H2,1-7H3,(H2,35,40)(H,36,41)(H,37,44). The number of carbonyl (C=O) groups is 5. The summed E-state index contributed by atoms with van der Waals surface area (Å²) in [5, 5.41) is 16.2. The lowest BCUT2D eigenvalue weighted by Gasteiger charge is -2.35. The summed E-state index contributed by atoms with van der Waals surface area (Å²) in [5.41, 5.74) is 4.49. The number of hydrogen-bond donors (Lipinski definition) is 4. The number of esters is 1. The van der Waals surface area contributed by atoms with E-state index in [1.165, 1.54) is 17.0 Å². The van der Waals surface area contributed by atoms with E-state index in [4.69, 9.17) is 15.2 Å². The number of phenols is 1. The van der Waals surface area contributed by atoms with Gasteiger partial charge in [-0.1, -0.05) is 55.5 Å². The Hall–Kier alpha value is -4.61. The summed E-state index contributed by atoms with van der Waals surface area (Å²) in [6, 6.07) is 11.2. The number of phenolic OH excluding ortho intramolecular Hbond substituents is 1. The lowest BCUT2D eigenvalue weighted by Crippen LogP contribution is -2.55. The Morgan fingerprint density at radius 3 is 1.98 bits per heavy atom. The zero-order chi connectivity index (χ0) is 34.7. The van der Waals surface area contributed by atoms with E-state index < -0.39 is 59.1 Å². The predicted octanol–water partition coefficient (Wildman–Crippen LogP) is 3.90. The van der Waals surface area contributed by atoms with E-state index in [1.807, 2.05) is 18.2 Å². The van der Waals surface area contributed by atoms with Crippen LogP contribution < -0.4 is 16.4 Å². The van der Waals surface area contributed by atoms with Crippen molar-refractivity contribution >= 4 is 29.8 Å². The van der Waals surface area contributed by atoms with Crippen molar-refractivity contribution in [2.75, 3.05) is 6.54 Å². The summed E-state index contributed by atoms with van der Waals surface area (Å²) >= 11 is 0. The van der Waals surface area contributed by atoms with Crippen molar-refractivity contribution < 1.29 is 38.6 Å². The number of nitrogens with zero attached hydrogens (tertiary/aromatic N) is 1. The normalized spacial score (nSPS) is 13.5. The summed E-state index contributed by atoms with van der Waals surface area (Å²) < 4.78 is 11.0. The van der Waals surface area contributed by atoms with Crippen molar-refractivity contribution in [3.8, 4) is 5.75 Å². The Kier molecular flexibility index (Phi) is 13.6. The van der Waals surface area contributed by atoms with Crippen LogP contribution in [-0.4, -0.2) is 69.6 Å². The van der Waals surface area contributed by atoms with Gasteiger partial charge in [-0.3, -0.25) is 14.4 Å². The van der Waals surface area contributed by atoms with Gasteiger partial charge in [-0.25, -0.2) is 9.59 Å². The van der Waals surface area contributed by atoms with Crippen molar-refractivity contribution in [1.29, 1.82) is 0 Å². The van der Waals surface area contributed by atoms with Crippen molar-refractivity contribution in [2.45, 2.75) is 103 Å². The van der Waals surface area contributed by atoms with Gasteiger partial charge in [-0.05, 0) is 66.0 Å². The van der Waals surface area contributed by atoms with Gasteiger partial charge >= 0.3 is 12.1 Å². The number of aromatic hydroxyl groups is 1. The minimum Gasteiger partial charge on any atom is -0.508 e. The first-order chi connectivity index (χ1) is 21.4. The Bertz CT molecular complexity index is 1350. The van der Waals surface area contributed by atoms with Gasteiger partial charge < -0.3 is 35.8 Å². The molecule has 252 valence electrons. The fraction of sp³-hybridized carbons (Fsp3) is 0.500. The molecular weight excluding hydrogens is 592 g/mol. The van der Waals surface area contributed by atoms with Gasteiger partial charge in [0.2, 0.25) is 17.7 Å². The van der Waals surface area contributed by atoms with E-state index >= 15 is 0 Å². The van der Waals surface area contributed by atoms with Gasteiger partial charge in [0.05, 0.1) is 0 Å². The molecule has 0 aliphatic rings. The molecule has 0 bridgehead atoms. The first-order valence-electron chi connectivity index (χ1n) is 15.3. The maximum absolute atomic E-state index is 14.3. The van der Waals surface area contributed by atoms with Crippen LogP contribution in [0.5, 0.6) is 5.75 Å². The van der Waals surface area contributed by atoms with E-state index in [2.05, 4.69) is 10.6 Å². The second-order valence-corrected chi connectivity index (χ2v) is 13.0. The highest BCUT2D eigenvalue weighted by atomic mass is 16.6. The molecule has 12 nitrogen and oxygen atoms in total. The van der Waals surface area contributed by atoms with Gasteiger partial charge in [0.25, 0.3) is 0 Å². The number of ether oxygens (including phenoxy) is 2. The van der Waals surface area contributed by atoms with Crippen LogP contribution in [0, 0.1) is 0 Å². The first kappa shape index (κ1) is 37.6. The van der Waals surface area contributed by atoms with E-state index in [-0.39, 0.29) is 37.1 Å². The summed E-state index contributed by atoms with van der Waals surface area (Å²) in [4.78, 5) is 67.5. The van der Waals surface area contributed by atoms with Crippen LogP contribution >= 0.6 is 0 Å². The minimum atomic E-state index is -1.44. The summed E-state index contributed by atoms with van der Waals surface area (Å²) in [5.74, 6) is -3.11. The summed E-state index contributed by atoms with van der Waals surface area (Å²) in [7, 11) is 0. The molecule has 0 aromatic heterocycles. The van der Waals surface area contributed by atoms with Crippen LogP contribution in [0.15, 0.2) is 54.6 Å². The zero-order valence-corrected chi connectivity index (χ0v) is 27.8. The molecule has 0 saturated carbocycles. The van der Waals surface area contributed by atoms with Crippen LogP contribution in [0.4, 0.5) is 4.79 Å². The maximum atomic E-state index is 14.3. The molecule has 4 amide bonds. The fourth-order valence-corrected chi connectivity index (χ4v) is 4.64. The molecule has 3 unspecified atom stereocenters. The molecule has 0 fully saturated rings. The second-order valence-electron chi connectivity index (χ2n) is 13.0. The third-order valence-corrected chi connectivity index (χ3v) is 6.50. The van der Waals surface area contributed by atoms with Crippen LogP contribution in [0.2, 0.25) is 0 Å². The molecule has 3 atom stereocenters. The highest BCUT2D eigenvalue weighted by Gasteiger charge is 2.39. The molecule has 2 aromatic rings. The fourth-order valence-electron chi connectivity index (χ4n) is 4.64. The number of nitrogens with two attached hydrogens (primary N) is 1.